The van der Waals surface area contributed by atoms with Crippen molar-refractivity contribution in [3.63, 3.8) is 0 Å². The molecule has 24 heavy (non-hydrogen) atoms. The van der Waals surface area contributed by atoms with Crippen molar-refractivity contribution >= 4 is 18.4 Å². The average molecular weight is 333 g/mol. The van der Waals surface area contributed by atoms with Gasteiger partial charge in [0.05, 0.1) is 18.0 Å². The molecule has 0 atom stereocenters. The maximum atomic E-state index is 6.28. The first kappa shape index (κ1) is 15.1. The molecule has 0 aliphatic carbocycles. The van der Waals surface area contributed by atoms with Crippen LogP contribution >= 0.6 is 0 Å². The quantitative estimate of drug-likeness (QED) is 0.506. The van der Waals surface area contributed by atoms with E-state index < -0.39 is 8.07 Å². The van der Waals surface area contributed by atoms with Crippen molar-refractivity contribution in [2.24, 2.45) is 7.05 Å². The number of rotatable bonds is 1. The number of nitrogens with zero attached hydrogens (tertiary/aromatic N) is 2. The predicted molar refractivity (Wildman–Crippen MR) is 98.9 cm³/mol. The predicted octanol–water partition coefficient (Wildman–Crippen LogP) is 2.81. The molecule has 1 aliphatic heterocycles. The van der Waals surface area contributed by atoms with E-state index in [1.165, 1.54) is 21.5 Å². The summed E-state index contributed by atoms with van der Waals surface area (Å²) in [6, 6.07) is 12.7. The van der Waals surface area contributed by atoms with E-state index in [0.29, 0.717) is 0 Å². The Labute approximate surface area is 143 Å². The van der Waals surface area contributed by atoms with E-state index in [1.807, 2.05) is 24.7 Å². The summed E-state index contributed by atoms with van der Waals surface area (Å²) in [5.41, 5.74) is 3.67. The van der Waals surface area contributed by atoms with Crippen LogP contribution in [0.15, 0.2) is 55.0 Å². The van der Waals surface area contributed by atoms with Gasteiger partial charge in [-0.05, 0) is 29.8 Å². The first-order chi connectivity index (χ1) is 11.5. The number of hydrogen-bond acceptors (Lipinski definition) is 2. The lowest BCUT2D eigenvalue weighted by Gasteiger charge is -2.34. The molecule has 1 aromatic heterocycles. The van der Waals surface area contributed by atoms with Gasteiger partial charge in [-0.1, -0.05) is 37.4 Å². The summed E-state index contributed by atoms with van der Waals surface area (Å²) in [7, 11) is 0.192. The summed E-state index contributed by atoms with van der Waals surface area (Å²) in [6.07, 6.45) is 5.77. The van der Waals surface area contributed by atoms with E-state index in [-0.39, 0.29) is 0 Å². The van der Waals surface area contributed by atoms with Crippen molar-refractivity contribution < 1.29 is 9.30 Å². The molecule has 0 unspecified atom stereocenters. The van der Waals surface area contributed by atoms with Gasteiger partial charge in [-0.15, -0.1) is 0 Å². The number of fused-ring (bicyclic) bond motifs is 2. The Morgan fingerprint density at radius 3 is 2.62 bits per heavy atom. The van der Waals surface area contributed by atoms with Crippen LogP contribution in [-0.4, -0.2) is 13.1 Å². The fraction of sp³-hybridized carbons (Fsp3) is 0.200. The molecule has 2 aromatic carbocycles. The number of hydrogen-bond donors (Lipinski definition) is 0. The minimum Gasteiger partial charge on any atom is -0.458 e. The smallest absolute Gasteiger partial charge is 0.231 e. The molecule has 0 fully saturated rings. The van der Waals surface area contributed by atoms with Gasteiger partial charge in [0, 0.05) is 5.19 Å². The highest BCUT2D eigenvalue weighted by atomic mass is 28.3. The number of aryl methyl sites for hydroxylation is 2. The molecule has 120 valence electrons. The minimum absolute atomic E-state index is 0.995. The monoisotopic (exact) mass is 333 g/mol. The molecule has 3 aromatic rings. The van der Waals surface area contributed by atoms with Gasteiger partial charge in [0.25, 0.3) is 0 Å². The Balaban J connectivity index is 2.06. The van der Waals surface area contributed by atoms with Gasteiger partial charge in [-0.3, -0.25) is 4.98 Å². The summed E-state index contributed by atoms with van der Waals surface area (Å²) in [5.74, 6) is 2.00. The fourth-order valence-corrected chi connectivity index (χ4v) is 6.95. The largest absolute Gasteiger partial charge is 0.458 e. The zero-order chi connectivity index (χ0) is 16.9. The van der Waals surface area contributed by atoms with Crippen LogP contribution in [-0.2, 0) is 7.05 Å². The lowest BCUT2D eigenvalue weighted by molar-refractivity contribution is -0.660. The molecular weight excluding hydrogens is 312 g/mol. The third kappa shape index (κ3) is 2.10. The molecule has 4 rings (SSSR count). The van der Waals surface area contributed by atoms with E-state index in [4.69, 9.17) is 4.74 Å². The molecule has 0 radical (unpaired) electrons. The van der Waals surface area contributed by atoms with Crippen molar-refractivity contribution in [3.8, 4) is 22.8 Å². The molecule has 0 saturated heterocycles. The average Bonchev–Trinajstić information content (AvgIpc) is 2.56. The Bertz CT molecular complexity index is 950. The standard InChI is InChI=1S/C20H21N2OSi/c1-14-9-10-17-20(19(14)15-13-21-11-12-22(15)2)24(3,4)18-8-6-5-7-16(18)23-17/h5-13H,1-4H3/q+1. The van der Waals surface area contributed by atoms with Crippen molar-refractivity contribution in [1.82, 2.24) is 4.98 Å². The zero-order valence-electron chi connectivity index (χ0n) is 14.5. The van der Waals surface area contributed by atoms with Crippen molar-refractivity contribution in [2.45, 2.75) is 20.0 Å². The van der Waals surface area contributed by atoms with Gasteiger partial charge in [0.2, 0.25) is 5.69 Å². The Hall–Kier alpha value is -2.46. The highest BCUT2D eigenvalue weighted by molar-refractivity contribution is 7.02. The topological polar surface area (TPSA) is 26.0 Å². The summed E-state index contributed by atoms with van der Waals surface area (Å²) in [4.78, 5) is 4.36. The third-order valence-corrected chi connectivity index (χ3v) is 8.50. The van der Waals surface area contributed by atoms with Gasteiger partial charge < -0.3 is 4.74 Å². The SMILES string of the molecule is Cc1ccc2c(c1-c1cncc[n+]1C)[Si](C)(C)c1ccccc1O2. The fourth-order valence-electron chi connectivity index (χ4n) is 3.71. The van der Waals surface area contributed by atoms with Crippen molar-refractivity contribution in [1.29, 1.82) is 0 Å². The summed E-state index contributed by atoms with van der Waals surface area (Å²) in [5, 5.41) is 2.72. The Morgan fingerprint density at radius 1 is 1.04 bits per heavy atom. The molecule has 0 saturated carbocycles. The Morgan fingerprint density at radius 2 is 1.83 bits per heavy atom. The Kier molecular flexibility index (Phi) is 3.32. The van der Waals surface area contributed by atoms with Crippen LogP contribution in [0.1, 0.15) is 5.56 Å². The van der Waals surface area contributed by atoms with Crippen LogP contribution in [0.4, 0.5) is 0 Å². The normalized spacial score (nSPS) is 14.5. The number of ether oxygens (including phenoxy) is 1. The molecule has 0 bridgehead atoms. The molecule has 0 spiro atoms. The molecule has 0 amide bonds. The maximum Gasteiger partial charge on any atom is 0.231 e. The van der Waals surface area contributed by atoms with E-state index in [2.05, 4.69) is 66.9 Å². The molecule has 1 aliphatic rings. The molecular formula is C20H21N2OSi+. The second-order valence-corrected chi connectivity index (χ2v) is 11.2. The van der Waals surface area contributed by atoms with Crippen LogP contribution < -0.4 is 19.7 Å². The van der Waals surface area contributed by atoms with E-state index in [9.17, 15) is 0 Å². The van der Waals surface area contributed by atoms with Crippen molar-refractivity contribution in [3.05, 3.63) is 60.6 Å². The second-order valence-electron chi connectivity index (χ2n) is 6.93. The lowest BCUT2D eigenvalue weighted by Crippen LogP contribution is -2.57. The maximum absolute atomic E-state index is 6.28. The van der Waals surface area contributed by atoms with Gasteiger partial charge >= 0.3 is 0 Å². The van der Waals surface area contributed by atoms with Crippen LogP contribution in [0, 0.1) is 6.92 Å². The van der Waals surface area contributed by atoms with Crippen LogP contribution in [0.3, 0.4) is 0 Å². The first-order valence-corrected chi connectivity index (χ1v) is 11.2. The molecule has 2 heterocycles. The lowest BCUT2D eigenvalue weighted by atomic mass is 10.0. The minimum atomic E-state index is -1.88. The van der Waals surface area contributed by atoms with Gasteiger partial charge in [0.15, 0.2) is 6.20 Å². The van der Waals surface area contributed by atoms with Gasteiger partial charge in [0.1, 0.15) is 26.6 Å². The van der Waals surface area contributed by atoms with Crippen LogP contribution in [0.25, 0.3) is 11.3 Å². The summed E-state index contributed by atoms with van der Waals surface area (Å²) < 4.78 is 8.41. The first-order valence-electron chi connectivity index (χ1n) is 8.21. The van der Waals surface area contributed by atoms with E-state index >= 15 is 0 Å². The van der Waals surface area contributed by atoms with Crippen molar-refractivity contribution in [2.75, 3.05) is 0 Å². The highest BCUT2D eigenvalue weighted by Crippen LogP contribution is 2.34. The number of benzene rings is 2. The molecule has 4 heteroatoms. The number of aromatic nitrogens is 2. The molecule has 0 N–H and O–H groups in total. The van der Waals surface area contributed by atoms with Crippen LogP contribution in [0.5, 0.6) is 11.5 Å². The van der Waals surface area contributed by atoms with Gasteiger partial charge in [-0.25, -0.2) is 0 Å². The highest BCUT2D eigenvalue weighted by Gasteiger charge is 2.40. The zero-order valence-corrected chi connectivity index (χ0v) is 15.5. The third-order valence-electron chi connectivity index (χ3n) is 4.99. The second kappa shape index (κ2) is 5.28. The van der Waals surface area contributed by atoms with Gasteiger partial charge in [-0.2, -0.15) is 4.57 Å². The van der Waals surface area contributed by atoms with E-state index in [0.717, 1.165) is 17.2 Å². The summed E-state index contributed by atoms with van der Waals surface area (Å²) in [6.45, 7) is 6.99. The molecule has 3 nitrogen and oxygen atoms in total. The summed E-state index contributed by atoms with van der Waals surface area (Å²) >= 11 is 0. The van der Waals surface area contributed by atoms with Crippen LogP contribution in [0.2, 0.25) is 13.1 Å². The van der Waals surface area contributed by atoms with E-state index in [1.54, 1.807) is 0 Å². The number of para-hydroxylation sites is 1.